The molecule has 4 nitrogen and oxygen atoms in total. The quantitative estimate of drug-likeness (QED) is 0.467. The molecule has 0 saturated carbocycles. The second-order valence-corrected chi connectivity index (χ2v) is 5.94. The minimum atomic E-state index is -0.00913. The summed E-state index contributed by atoms with van der Waals surface area (Å²) >= 11 is 1.49. The number of H-pyrrole nitrogens is 1. The Labute approximate surface area is 124 Å². The molecule has 1 aliphatic rings. The van der Waals surface area contributed by atoms with Crippen molar-refractivity contribution in [2.75, 3.05) is 7.11 Å². The van der Waals surface area contributed by atoms with Gasteiger partial charge < -0.3 is 4.98 Å². The molecule has 1 aromatic carbocycles. The molecule has 0 aliphatic heterocycles. The maximum absolute atomic E-state index is 12.2. The van der Waals surface area contributed by atoms with Crippen LogP contribution < -0.4 is 5.56 Å². The predicted octanol–water partition coefficient (Wildman–Crippen LogP) is 3.24. The van der Waals surface area contributed by atoms with Crippen molar-refractivity contribution >= 4 is 21.4 Å². The summed E-state index contributed by atoms with van der Waals surface area (Å²) in [7, 11) is 1.50. The molecule has 2 heterocycles. The monoisotopic (exact) mass is 299 g/mol. The van der Waals surface area contributed by atoms with Crippen LogP contribution in [0.5, 0.6) is 0 Å². The number of fused-ring (bicyclic) bond motifs is 5. The molecule has 106 valence electrons. The first-order chi connectivity index (χ1) is 10.3. The fourth-order valence-electron chi connectivity index (χ4n) is 3.03. The average molecular weight is 299 g/mol. The summed E-state index contributed by atoms with van der Waals surface area (Å²) in [5.74, 6) is 0. The van der Waals surface area contributed by atoms with E-state index in [9.17, 15) is 4.79 Å². The second kappa shape index (κ2) is 4.80. The summed E-state index contributed by atoms with van der Waals surface area (Å²) in [5, 5.41) is 3.03. The molecule has 2 aromatic heterocycles. The molecule has 0 amide bonds. The molecule has 4 rings (SSSR count). The molecule has 5 heteroatoms. The Morgan fingerprint density at radius 3 is 3.05 bits per heavy atom. The van der Waals surface area contributed by atoms with Gasteiger partial charge in [0.15, 0.2) is 0 Å². The number of rotatable bonds is 3. The van der Waals surface area contributed by atoms with Gasteiger partial charge in [-0.2, -0.15) is 0 Å². The highest BCUT2D eigenvalue weighted by atomic mass is 32.1. The summed E-state index contributed by atoms with van der Waals surface area (Å²) < 4.78 is 0.802. The van der Waals surface area contributed by atoms with Crippen LogP contribution in [0.1, 0.15) is 16.7 Å². The van der Waals surface area contributed by atoms with Crippen LogP contribution in [0, 0.1) is 0 Å². The normalized spacial score (nSPS) is 12.6. The van der Waals surface area contributed by atoms with Gasteiger partial charge in [-0.15, -0.1) is 11.3 Å². The van der Waals surface area contributed by atoms with Crippen LogP contribution in [0.4, 0.5) is 0 Å². The molecule has 0 spiro atoms. The van der Waals surface area contributed by atoms with Crippen molar-refractivity contribution < 1.29 is 9.78 Å². The van der Waals surface area contributed by atoms with E-state index >= 15 is 0 Å². The lowest BCUT2D eigenvalue weighted by Crippen LogP contribution is -2.06. The Balaban J connectivity index is 1.93. The third-order valence-electron chi connectivity index (χ3n) is 3.97. The smallest absolute Gasteiger partial charge is 0.266 e. The molecule has 3 aromatic rings. The summed E-state index contributed by atoms with van der Waals surface area (Å²) in [6.45, 7) is 0.407. The lowest BCUT2D eigenvalue weighted by Gasteiger charge is -2.07. The van der Waals surface area contributed by atoms with Crippen molar-refractivity contribution in [2.45, 2.75) is 13.0 Å². The van der Waals surface area contributed by atoms with Gasteiger partial charge in [-0.25, -0.2) is 9.78 Å². The van der Waals surface area contributed by atoms with E-state index in [1.165, 1.54) is 29.6 Å². The second-order valence-electron chi connectivity index (χ2n) is 5.02. The number of thiophene rings is 1. The van der Waals surface area contributed by atoms with Crippen molar-refractivity contribution in [3.05, 3.63) is 56.7 Å². The van der Waals surface area contributed by atoms with Crippen molar-refractivity contribution in [1.82, 2.24) is 4.98 Å². The third-order valence-corrected chi connectivity index (χ3v) is 4.88. The fourth-order valence-corrected chi connectivity index (χ4v) is 3.85. The summed E-state index contributed by atoms with van der Waals surface area (Å²) in [5.41, 5.74) is 5.53. The van der Waals surface area contributed by atoms with Crippen LogP contribution in [0.25, 0.3) is 21.3 Å². The van der Waals surface area contributed by atoms with Crippen LogP contribution >= 0.6 is 11.3 Å². The van der Waals surface area contributed by atoms with Crippen molar-refractivity contribution in [3.8, 4) is 11.3 Å². The van der Waals surface area contributed by atoms with E-state index < -0.39 is 0 Å². The highest BCUT2D eigenvalue weighted by Gasteiger charge is 2.25. The van der Waals surface area contributed by atoms with Crippen LogP contribution in [-0.4, -0.2) is 12.1 Å². The van der Waals surface area contributed by atoms with Crippen LogP contribution in [0.3, 0.4) is 0 Å². The summed E-state index contributed by atoms with van der Waals surface area (Å²) in [6, 6.07) is 8.10. The van der Waals surface area contributed by atoms with E-state index in [2.05, 4.69) is 4.98 Å². The van der Waals surface area contributed by atoms with E-state index in [0.717, 1.165) is 33.3 Å². The van der Waals surface area contributed by atoms with E-state index in [4.69, 9.17) is 9.78 Å². The predicted molar refractivity (Wildman–Crippen MR) is 82.5 cm³/mol. The maximum Gasteiger partial charge on any atom is 0.266 e. The topological polar surface area (TPSA) is 51.3 Å². The molecule has 1 N–H and O–H groups in total. The van der Waals surface area contributed by atoms with Gasteiger partial charge in [-0.3, -0.25) is 4.79 Å². The van der Waals surface area contributed by atoms with Crippen molar-refractivity contribution in [3.63, 3.8) is 0 Å². The van der Waals surface area contributed by atoms with Gasteiger partial charge in [0.25, 0.3) is 5.56 Å². The van der Waals surface area contributed by atoms with E-state index in [1.54, 1.807) is 0 Å². The van der Waals surface area contributed by atoms with Gasteiger partial charge >= 0.3 is 0 Å². The number of benzene rings is 1. The maximum atomic E-state index is 12.2. The zero-order chi connectivity index (χ0) is 14.4. The Bertz CT molecular complexity index is 894. The molecule has 0 saturated heterocycles. The molecule has 0 unspecified atom stereocenters. The number of hydrogen-bond donors (Lipinski definition) is 1. The first kappa shape index (κ1) is 12.8. The van der Waals surface area contributed by atoms with E-state index in [-0.39, 0.29) is 5.56 Å². The van der Waals surface area contributed by atoms with Crippen LogP contribution in [0.2, 0.25) is 0 Å². The SMILES string of the molecule is COOCc1cccc2c1Cc1c-2[nH]c(=O)c2sccc12. The Hall–Kier alpha value is -1.95. The Morgan fingerprint density at radius 1 is 1.29 bits per heavy atom. The highest BCUT2D eigenvalue weighted by molar-refractivity contribution is 7.17. The molecule has 0 fully saturated rings. The summed E-state index contributed by atoms with van der Waals surface area (Å²) in [6.07, 6.45) is 0.817. The molecular formula is C16H13NO3S. The van der Waals surface area contributed by atoms with Gasteiger partial charge in [0.2, 0.25) is 0 Å². The van der Waals surface area contributed by atoms with Gasteiger partial charge in [0, 0.05) is 17.4 Å². The lowest BCUT2D eigenvalue weighted by molar-refractivity contribution is -0.282. The van der Waals surface area contributed by atoms with Crippen LogP contribution in [-0.2, 0) is 22.8 Å². The summed E-state index contributed by atoms with van der Waals surface area (Å²) in [4.78, 5) is 25.0. The highest BCUT2D eigenvalue weighted by Crippen LogP contribution is 2.40. The van der Waals surface area contributed by atoms with Gasteiger partial charge in [-0.1, -0.05) is 18.2 Å². The van der Waals surface area contributed by atoms with Crippen LogP contribution in [0.15, 0.2) is 34.4 Å². The lowest BCUT2D eigenvalue weighted by atomic mass is 10.0. The number of aromatic amines is 1. The average Bonchev–Trinajstić information content (AvgIpc) is 3.10. The largest absolute Gasteiger partial charge is 0.320 e. The van der Waals surface area contributed by atoms with E-state index in [0.29, 0.717) is 6.61 Å². The molecule has 0 radical (unpaired) electrons. The minimum absolute atomic E-state index is 0.00913. The Morgan fingerprint density at radius 2 is 2.19 bits per heavy atom. The number of hydrogen-bond acceptors (Lipinski definition) is 4. The molecule has 0 bridgehead atoms. The van der Waals surface area contributed by atoms with Crippen molar-refractivity contribution in [1.29, 1.82) is 0 Å². The standard InChI is InChI=1S/C16H13NO3S/c1-19-20-8-9-3-2-4-10-12(9)7-13-11-5-6-21-15(11)16(18)17-14(10)13/h2-6H,7-8H2,1H3,(H,17,18). The zero-order valence-electron chi connectivity index (χ0n) is 11.4. The first-order valence-electron chi connectivity index (χ1n) is 6.68. The third kappa shape index (κ3) is 1.86. The molecule has 21 heavy (non-hydrogen) atoms. The number of nitrogens with one attached hydrogen (secondary N) is 1. The molecule has 1 aliphatic carbocycles. The number of pyridine rings is 1. The van der Waals surface area contributed by atoms with Gasteiger partial charge in [0.1, 0.15) is 6.61 Å². The number of aromatic nitrogens is 1. The Kier molecular flexibility index (Phi) is 2.92. The zero-order valence-corrected chi connectivity index (χ0v) is 12.3. The van der Waals surface area contributed by atoms with Gasteiger partial charge in [0.05, 0.1) is 17.5 Å². The fraction of sp³-hybridized carbons (Fsp3) is 0.188. The van der Waals surface area contributed by atoms with Crippen molar-refractivity contribution in [2.24, 2.45) is 0 Å². The van der Waals surface area contributed by atoms with Gasteiger partial charge in [-0.05, 0) is 28.1 Å². The first-order valence-corrected chi connectivity index (χ1v) is 7.56. The van der Waals surface area contributed by atoms with E-state index in [1.807, 2.05) is 29.6 Å². The molecular weight excluding hydrogens is 286 g/mol. The minimum Gasteiger partial charge on any atom is -0.320 e. The molecule has 0 atom stereocenters.